The lowest BCUT2D eigenvalue weighted by molar-refractivity contribution is 0.509. The molecule has 114 valence electrons. The average Bonchev–Trinajstić information content (AvgIpc) is 2.74. The first-order chi connectivity index (χ1) is 9.68. The van der Waals surface area contributed by atoms with E-state index in [2.05, 4.69) is 5.32 Å². The van der Waals surface area contributed by atoms with Crippen molar-refractivity contribution in [2.45, 2.75) is 11.4 Å². The number of halogens is 4. The molecule has 0 aliphatic rings. The molecular formula is C12H10Cl2F2N2O2S. The van der Waals surface area contributed by atoms with E-state index in [4.69, 9.17) is 22.3 Å². The SMILES string of the molecule is Cn1cc(S(=O)(=O)Cl)cc1CNc1cc(F)c(F)c(Cl)c1. The summed E-state index contributed by atoms with van der Waals surface area (Å²) in [4.78, 5) is -0.0354. The smallest absolute Gasteiger partial charge is 0.262 e. The first-order valence-corrected chi connectivity index (χ1v) is 8.35. The lowest BCUT2D eigenvalue weighted by Crippen LogP contribution is -2.04. The summed E-state index contributed by atoms with van der Waals surface area (Å²) in [6.07, 6.45) is 1.36. The molecule has 0 fully saturated rings. The molecule has 0 saturated carbocycles. The second kappa shape index (κ2) is 5.82. The number of anilines is 1. The minimum absolute atomic E-state index is 0.0354. The molecule has 0 radical (unpaired) electrons. The molecule has 0 amide bonds. The number of aryl methyl sites for hydroxylation is 1. The van der Waals surface area contributed by atoms with Gasteiger partial charge >= 0.3 is 0 Å². The van der Waals surface area contributed by atoms with Crippen LogP contribution in [-0.4, -0.2) is 13.0 Å². The summed E-state index contributed by atoms with van der Waals surface area (Å²) < 4.78 is 50.3. The minimum atomic E-state index is -3.81. The van der Waals surface area contributed by atoms with Crippen LogP contribution in [0.1, 0.15) is 5.69 Å². The Bertz CT molecular complexity index is 768. The van der Waals surface area contributed by atoms with Crippen LogP contribution in [0, 0.1) is 11.6 Å². The van der Waals surface area contributed by atoms with Gasteiger partial charge in [-0.15, -0.1) is 0 Å². The Balaban J connectivity index is 2.19. The van der Waals surface area contributed by atoms with Crippen molar-refractivity contribution in [1.29, 1.82) is 0 Å². The van der Waals surface area contributed by atoms with Gasteiger partial charge in [0.05, 0.1) is 11.6 Å². The third kappa shape index (κ3) is 3.66. The lowest BCUT2D eigenvalue weighted by Gasteiger charge is -2.08. The predicted octanol–water partition coefficient (Wildman–Crippen LogP) is 3.50. The number of hydrogen-bond acceptors (Lipinski definition) is 3. The van der Waals surface area contributed by atoms with Crippen LogP contribution in [0.5, 0.6) is 0 Å². The maximum absolute atomic E-state index is 13.2. The van der Waals surface area contributed by atoms with Crippen LogP contribution in [-0.2, 0) is 22.6 Å². The van der Waals surface area contributed by atoms with Crippen LogP contribution in [0.4, 0.5) is 14.5 Å². The van der Waals surface area contributed by atoms with Gasteiger partial charge in [0.25, 0.3) is 9.05 Å². The summed E-state index contributed by atoms with van der Waals surface area (Å²) in [6, 6.07) is 3.59. The van der Waals surface area contributed by atoms with Gasteiger partial charge in [-0.2, -0.15) is 0 Å². The molecule has 0 aliphatic carbocycles. The third-order valence-corrected chi connectivity index (χ3v) is 4.42. The van der Waals surface area contributed by atoms with Crippen LogP contribution in [0.25, 0.3) is 0 Å². The highest BCUT2D eigenvalue weighted by Gasteiger charge is 2.15. The fourth-order valence-corrected chi connectivity index (χ4v) is 2.76. The lowest BCUT2D eigenvalue weighted by atomic mass is 10.3. The van der Waals surface area contributed by atoms with Crippen molar-refractivity contribution < 1.29 is 17.2 Å². The fraction of sp³-hybridized carbons (Fsp3) is 0.167. The Morgan fingerprint density at radius 2 is 1.95 bits per heavy atom. The van der Waals surface area contributed by atoms with E-state index in [0.29, 0.717) is 5.69 Å². The van der Waals surface area contributed by atoms with Gasteiger partial charge in [0.2, 0.25) is 0 Å². The fourth-order valence-electron chi connectivity index (χ4n) is 1.74. The van der Waals surface area contributed by atoms with Gasteiger partial charge in [-0.25, -0.2) is 17.2 Å². The van der Waals surface area contributed by atoms with E-state index in [-0.39, 0.29) is 22.2 Å². The number of benzene rings is 1. The Labute approximate surface area is 129 Å². The van der Waals surface area contributed by atoms with E-state index in [9.17, 15) is 17.2 Å². The van der Waals surface area contributed by atoms with Gasteiger partial charge in [0.15, 0.2) is 11.6 Å². The van der Waals surface area contributed by atoms with Crippen LogP contribution >= 0.6 is 22.3 Å². The molecule has 9 heteroatoms. The Morgan fingerprint density at radius 1 is 1.29 bits per heavy atom. The van der Waals surface area contributed by atoms with Crippen molar-refractivity contribution in [3.63, 3.8) is 0 Å². The molecular weight excluding hydrogens is 345 g/mol. The molecule has 1 N–H and O–H groups in total. The Hall–Kier alpha value is -1.31. The molecule has 4 nitrogen and oxygen atoms in total. The standard InChI is InChI=1S/C12H10Cl2F2N2O2S/c1-18-6-9(21(14,19)20)4-8(18)5-17-7-2-10(13)12(16)11(15)3-7/h2-4,6,17H,5H2,1H3. The molecule has 2 rings (SSSR count). The van der Waals surface area contributed by atoms with Gasteiger partial charge < -0.3 is 9.88 Å². The molecule has 1 aromatic heterocycles. The zero-order chi connectivity index (χ0) is 15.8. The van der Waals surface area contributed by atoms with Crippen molar-refractivity contribution in [3.8, 4) is 0 Å². The van der Waals surface area contributed by atoms with E-state index in [0.717, 1.165) is 6.07 Å². The van der Waals surface area contributed by atoms with Crippen molar-refractivity contribution in [2.75, 3.05) is 5.32 Å². The molecule has 0 atom stereocenters. The zero-order valence-electron chi connectivity index (χ0n) is 10.7. The quantitative estimate of drug-likeness (QED) is 0.675. The first-order valence-electron chi connectivity index (χ1n) is 5.67. The van der Waals surface area contributed by atoms with Gasteiger partial charge in [0.1, 0.15) is 4.90 Å². The van der Waals surface area contributed by atoms with E-state index in [1.165, 1.54) is 18.3 Å². The summed E-state index contributed by atoms with van der Waals surface area (Å²) >= 11 is 5.54. The maximum atomic E-state index is 13.2. The molecule has 0 saturated heterocycles. The summed E-state index contributed by atoms with van der Waals surface area (Å²) in [6.45, 7) is 0.185. The molecule has 1 heterocycles. The normalized spacial score (nSPS) is 11.7. The van der Waals surface area contributed by atoms with Crippen LogP contribution < -0.4 is 5.32 Å². The number of hydrogen-bond donors (Lipinski definition) is 1. The molecule has 21 heavy (non-hydrogen) atoms. The Morgan fingerprint density at radius 3 is 2.48 bits per heavy atom. The highest BCUT2D eigenvalue weighted by Crippen LogP contribution is 2.24. The second-order valence-electron chi connectivity index (χ2n) is 4.32. The monoisotopic (exact) mass is 354 g/mol. The average molecular weight is 355 g/mol. The van der Waals surface area contributed by atoms with Gasteiger partial charge in [-0.05, 0) is 12.1 Å². The van der Waals surface area contributed by atoms with E-state index in [1.807, 2.05) is 0 Å². The molecule has 0 aliphatic heterocycles. The summed E-state index contributed by atoms with van der Waals surface area (Å²) in [7, 11) is 3.08. The van der Waals surface area contributed by atoms with Crippen molar-refractivity contribution in [1.82, 2.24) is 4.57 Å². The van der Waals surface area contributed by atoms with Crippen LogP contribution in [0.2, 0.25) is 5.02 Å². The van der Waals surface area contributed by atoms with Crippen LogP contribution in [0.15, 0.2) is 29.3 Å². The first kappa shape index (κ1) is 16.1. The highest BCUT2D eigenvalue weighted by molar-refractivity contribution is 8.13. The van der Waals surface area contributed by atoms with Gasteiger partial charge in [0, 0.05) is 41.4 Å². The van der Waals surface area contributed by atoms with Gasteiger partial charge in [-0.3, -0.25) is 0 Å². The molecule has 0 unspecified atom stereocenters. The zero-order valence-corrected chi connectivity index (χ0v) is 13.0. The maximum Gasteiger partial charge on any atom is 0.262 e. The number of rotatable bonds is 4. The molecule has 2 aromatic rings. The van der Waals surface area contributed by atoms with Crippen LogP contribution in [0.3, 0.4) is 0 Å². The molecule has 0 bridgehead atoms. The Kier molecular flexibility index (Phi) is 4.46. The summed E-state index contributed by atoms with van der Waals surface area (Å²) in [5, 5.41) is 2.49. The number of aromatic nitrogens is 1. The summed E-state index contributed by atoms with van der Waals surface area (Å²) in [5.41, 5.74) is 0.866. The molecule has 0 spiro atoms. The van der Waals surface area contributed by atoms with E-state index in [1.54, 1.807) is 11.6 Å². The van der Waals surface area contributed by atoms with E-state index >= 15 is 0 Å². The largest absolute Gasteiger partial charge is 0.379 e. The minimum Gasteiger partial charge on any atom is -0.379 e. The van der Waals surface area contributed by atoms with E-state index < -0.39 is 20.7 Å². The number of nitrogens with zero attached hydrogens (tertiary/aromatic N) is 1. The summed E-state index contributed by atoms with van der Waals surface area (Å²) in [5.74, 6) is -2.18. The second-order valence-corrected chi connectivity index (χ2v) is 7.30. The van der Waals surface area contributed by atoms with Crippen molar-refractivity contribution in [3.05, 3.63) is 46.7 Å². The van der Waals surface area contributed by atoms with Gasteiger partial charge in [-0.1, -0.05) is 11.6 Å². The topological polar surface area (TPSA) is 51.1 Å². The van der Waals surface area contributed by atoms with Crippen molar-refractivity contribution >= 4 is 37.0 Å². The number of nitrogens with one attached hydrogen (secondary N) is 1. The highest BCUT2D eigenvalue weighted by atomic mass is 35.7. The molecule has 1 aromatic carbocycles. The predicted molar refractivity (Wildman–Crippen MR) is 77.1 cm³/mol. The third-order valence-electron chi connectivity index (χ3n) is 2.82. The van der Waals surface area contributed by atoms with Crippen molar-refractivity contribution in [2.24, 2.45) is 7.05 Å².